The van der Waals surface area contributed by atoms with Crippen LogP contribution in [0.4, 0.5) is 0 Å². The molecule has 1 heterocycles. The summed E-state index contributed by atoms with van der Waals surface area (Å²) in [5.74, 6) is 0.620. The molecular weight excluding hydrogens is 344 g/mol. The van der Waals surface area contributed by atoms with E-state index in [9.17, 15) is 0 Å². The second-order valence-electron chi connectivity index (χ2n) is 8.76. The third-order valence-electron chi connectivity index (χ3n) is 6.39. The van der Waals surface area contributed by atoms with Crippen LogP contribution in [0, 0.1) is 18.3 Å². The van der Waals surface area contributed by atoms with Crippen LogP contribution in [0.25, 0.3) is 0 Å². The van der Waals surface area contributed by atoms with Crippen molar-refractivity contribution in [3.8, 4) is 0 Å². The van der Waals surface area contributed by atoms with Crippen LogP contribution in [0.5, 0.6) is 0 Å². The Morgan fingerprint density at radius 1 is 1.25 bits per heavy atom. The van der Waals surface area contributed by atoms with Crippen LogP contribution in [0.1, 0.15) is 44.2 Å². The first-order valence-electron chi connectivity index (χ1n) is 10.6. The second-order valence-corrected chi connectivity index (χ2v) is 8.76. The van der Waals surface area contributed by atoms with Gasteiger partial charge in [-0.1, -0.05) is 43.3 Å². The number of allylic oxidation sites excluding steroid dienone is 2. The van der Waals surface area contributed by atoms with Crippen molar-refractivity contribution in [2.24, 2.45) is 16.3 Å². The molecule has 2 N–H and O–H groups in total. The molecule has 1 saturated carbocycles. The van der Waals surface area contributed by atoms with Crippen LogP contribution in [-0.2, 0) is 6.42 Å². The summed E-state index contributed by atoms with van der Waals surface area (Å²) >= 11 is 0. The molecule has 0 atom stereocenters. The third kappa shape index (κ3) is 4.92. The molecule has 152 valence electrons. The first-order chi connectivity index (χ1) is 13.4. The van der Waals surface area contributed by atoms with Gasteiger partial charge in [-0.15, -0.1) is 0 Å². The van der Waals surface area contributed by atoms with Crippen molar-refractivity contribution in [1.29, 1.82) is 0 Å². The molecule has 1 spiro atoms. The molecule has 1 aliphatic carbocycles. The minimum absolute atomic E-state index is 0.527. The third-order valence-corrected chi connectivity index (χ3v) is 6.39. The number of hydrazine groups is 1. The average molecular weight is 381 g/mol. The number of aliphatic imine (C=N–C) groups is 1. The average Bonchev–Trinajstić information content (AvgIpc) is 2.63. The first kappa shape index (κ1) is 20.8. The number of hydrogen-bond donors (Lipinski definition) is 2. The molecule has 1 saturated heterocycles. The van der Waals surface area contributed by atoms with Crippen LogP contribution in [0.15, 0.2) is 52.8 Å². The summed E-state index contributed by atoms with van der Waals surface area (Å²) in [6.07, 6.45) is 4.66. The minimum Gasteiger partial charge on any atom is -0.326 e. The van der Waals surface area contributed by atoms with Gasteiger partial charge in [0.15, 0.2) is 0 Å². The van der Waals surface area contributed by atoms with Gasteiger partial charge in [0.2, 0.25) is 0 Å². The van der Waals surface area contributed by atoms with E-state index in [0.29, 0.717) is 11.3 Å². The highest BCUT2D eigenvalue weighted by Gasteiger charge is 2.52. The molecule has 1 aromatic rings. The van der Waals surface area contributed by atoms with E-state index in [4.69, 9.17) is 0 Å². The van der Waals surface area contributed by atoms with E-state index in [1.54, 1.807) is 0 Å². The van der Waals surface area contributed by atoms with Gasteiger partial charge in [-0.2, -0.15) is 0 Å². The molecule has 0 aromatic heterocycles. The predicted molar refractivity (Wildman–Crippen MR) is 119 cm³/mol. The molecule has 0 amide bonds. The van der Waals surface area contributed by atoms with E-state index in [0.717, 1.165) is 37.3 Å². The van der Waals surface area contributed by atoms with Crippen molar-refractivity contribution in [3.05, 3.63) is 58.9 Å². The van der Waals surface area contributed by atoms with Crippen molar-refractivity contribution in [1.82, 2.24) is 15.8 Å². The molecule has 28 heavy (non-hydrogen) atoms. The van der Waals surface area contributed by atoms with E-state index in [1.165, 1.54) is 42.6 Å². The summed E-state index contributed by atoms with van der Waals surface area (Å²) in [5, 5.41) is 0. The van der Waals surface area contributed by atoms with Crippen LogP contribution in [-0.4, -0.2) is 37.8 Å². The maximum atomic E-state index is 4.24. The Bertz CT molecular complexity index is 717. The second kappa shape index (κ2) is 9.06. The SMILES string of the molecule is C=N/C(C)=C(\CCc1ccc(C)cc1)CN1CC2(CC(C(=C)NNCC)C2)C1. The van der Waals surface area contributed by atoms with E-state index in [-0.39, 0.29) is 0 Å². The summed E-state index contributed by atoms with van der Waals surface area (Å²) in [4.78, 5) is 6.82. The van der Waals surface area contributed by atoms with Gasteiger partial charge in [0.25, 0.3) is 0 Å². The highest BCUT2D eigenvalue weighted by atomic mass is 15.4. The highest BCUT2D eigenvalue weighted by molar-refractivity contribution is 5.31. The van der Waals surface area contributed by atoms with E-state index >= 15 is 0 Å². The first-order valence-corrected chi connectivity index (χ1v) is 10.6. The van der Waals surface area contributed by atoms with Crippen LogP contribution in [0.2, 0.25) is 0 Å². The zero-order chi connectivity index (χ0) is 20.1. The van der Waals surface area contributed by atoms with Crippen molar-refractivity contribution in [2.75, 3.05) is 26.2 Å². The molecule has 1 aliphatic heterocycles. The molecule has 0 radical (unpaired) electrons. The smallest absolute Gasteiger partial charge is 0.0370 e. The standard InChI is InChI=1S/C24H36N4/c1-6-26-27-20(4)23-13-24(14-23)16-28(17-24)15-22(19(3)25-5)12-11-21-9-7-18(2)8-10-21/h7-10,23,26-27H,4-6,11-17H2,1-3H3/b22-19+. The van der Waals surface area contributed by atoms with E-state index in [1.807, 2.05) is 0 Å². The fourth-order valence-corrected chi connectivity index (χ4v) is 4.61. The predicted octanol–water partition coefficient (Wildman–Crippen LogP) is 4.24. The number of rotatable bonds is 10. The van der Waals surface area contributed by atoms with Crippen molar-refractivity contribution < 1.29 is 0 Å². The summed E-state index contributed by atoms with van der Waals surface area (Å²) in [7, 11) is 0. The van der Waals surface area contributed by atoms with Crippen LogP contribution in [0.3, 0.4) is 0 Å². The number of aryl methyl sites for hydroxylation is 2. The Morgan fingerprint density at radius 2 is 1.93 bits per heavy atom. The molecular formula is C24H36N4. The lowest BCUT2D eigenvalue weighted by molar-refractivity contribution is -0.0816. The van der Waals surface area contributed by atoms with Gasteiger partial charge in [-0.3, -0.25) is 9.89 Å². The largest absolute Gasteiger partial charge is 0.326 e. The van der Waals surface area contributed by atoms with E-state index < -0.39 is 0 Å². The zero-order valence-corrected chi connectivity index (χ0v) is 17.9. The molecule has 0 bridgehead atoms. The minimum atomic E-state index is 0.527. The Morgan fingerprint density at radius 3 is 2.54 bits per heavy atom. The zero-order valence-electron chi connectivity index (χ0n) is 17.9. The maximum absolute atomic E-state index is 4.24. The van der Waals surface area contributed by atoms with Crippen LogP contribution >= 0.6 is 0 Å². The molecule has 1 aromatic carbocycles. The van der Waals surface area contributed by atoms with Gasteiger partial charge in [0, 0.05) is 43.5 Å². The van der Waals surface area contributed by atoms with Gasteiger partial charge < -0.3 is 5.43 Å². The normalized spacial score (nSPS) is 19.5. The van der Waals surface area contributed by atoms with Gasteiger partial charge in [-0.05, 0) is 62.8 Å². The highest BCUT2D eigenvalue weighted by Crippen LogP contribution is 2.53. The van der Waals surface area contributed by atoms with Gasteiger partial charge in [-0.25, -0.2) is 5.43 Å². The van der Waals surface area contributed by atoms with Gasteiger partial charge in [0.1, 0.15) is 0 Å². The lowest BCUT2D eigenvalue weighted by Crippen LogP contribution is -2.63. The Balaban J connectivity index is 1.46. The molecule has 4 nitrogen and oxygen atoms in total. The van der Waals surface area contributed by atoms with Crippen molar-refractivity contribution in [3.63, 3.8) is 0 Å². The lowest BCUT2D eigenvalue weighted by Gasteiger charge is -2.60. The number of likely N-dealkylation sites (tertiary alicyclic amines) is 1. The quantitative estimate of drug-likeness (QED) is 0.471. The maximum Gasteiger partial charge on any atom is 0.0370 e. The molecule has 2 fully saturated rings. The topological polar surface area (TPSA) is 39.7 Å². The molecule has 3 rings (SSSR count). The summed E-state index contributed by atoms with van der Waals surface area (Å²) < 4.78 is 0. The molecule has 0 unspecified atom stereocenters. The monoisotopic (exact) mass is 380 g/mol. The molecule has 4 heteroatoms. The molecule has 2 aliphatic rings. The van der Waals surface area contributed by atoms with E-state index in [2.05, 4.69) is 79.1 Å². The summed E-state index contributed by atoms with van der Waals surface area (Å²) in [6.45, 7) is 18.6. The lowest BCUT2D eigenvalue weighted by atomic mass is 9.57. The van der Waals surface area contributed by atoms with Crippen molar-refractivity contribution >= 4 is 6.72 Å². The number of nitrogens with one attached hydrogen (secondary N) is 2. The summed E-state index contributed by atoms with van der Waals surface area (Å²) in [6, 6.07) is 8.88. The van der Waals surface area contributed by atoms with Gasteiger partial charge in [0.05, 0.1) is 0 Å². The Kier molecular flexibility index (Phi) is 6.73. The number of hydrogen-bond acceptors (Lipinski definition) is 4. The summed E-state index contributed by atoms with van der Waals surface area (Å²) in [5.41, 5.74) is 13.3. The fraction of sp³-hybridized carbons (Fsp3) is 0.542. The van der Waals surface area contributed by atoms with Crippen molar-refractivity contribution in [2.45, 2.75) is 46.5 Å². The Labute approximate surface area is 170 Å². The van der Waals surface area contributed by atoms with Gasteiger partial charge >= 0.3 is 0 Å². The number of benzene rings is 1. The Hall–Kier alpha value is -1.91. The number of nitrogens with zero attached hydrogens (tertiary/aromatic N) is 2. The van der Waals surface area contributed by atoms with Crippen LogP contribution < -0.4 is 10.9 Å². The fourth-order valence-electron chi connectivity index (χ4n) is 4.61.